The summed E-state index contributed by atoms with van der Waals surface area (Å²) in [5.41, 5.74) is 0. The van der Waals surface area contributed by atoms with Crippen molar-refractivity contribution in [3.05, 3.63) is 0 Å². The van der Waals surface area contributed by atoms with Crippen molar-refractivity contribution < 1.29 is 8.95 Å². The van der Waals surface area contributed by atoms with Crippen LogP contribution in [0.4, 0.5) is 0 Å². The van der Waals surface area contributed by atoms with E-state index in [2.05, 4.69) is 27.6 Å². The minimum Gasteiger partial charge on any atom is -0.383 e. The number of ether oxygens (including phenoxy) is 1. The Morgan fingerprint density at radius 1 is 1.38 bits per heavy atom. The van der Waals surface area contributed by atoms with E-state index >= 15 is 0 Å². The van der Waals surface area contributed by atoms with Gasteiger partial charge in [0.25, 0.3) is 0 Å². The van der Waals surface area contributed by atoms with Crippen LogP contribution in [0.3, 0.4) is 0 Å². The van der Waals surface area contributed by atoms with Crippen molar-refractivity contribution in [3.8, 4) is 0 Å². The van der Waals surface area contributed by atoms with Crippen molar-refractivity contribution in [2.75, 3.05) is 53.2 Å². The molecule has 0 aliphatic heterocycles. The molecule has 1 aliphatic carbocycles. The third-order valence-corrected chi connectivity index (χ3v) is 6.05. The normalized spacial score (nSPS) is 22.8. The molecule has 144 valence electrons. The molecule has 1 saturated carbocycles. The molecule has 3 unspecified atom stereocenters. The first-order valence-electron chi connectivity index (χ1n) is 8.62. The summed E-state index contributed by atoms with van der Waals surface area (Å²) in [6, 6.07) is 0.377. The Hall–Kier alpha value is 0.0700. The Labute approximate surface area is 167 Å². The lowest BCUT2D eigenvalue weighted by Gasteiger charge is -2.30. The zero-order valence-corrected chi connectivity index (χ0v) is 18.7. The van der Waals surface area contributed by atoms with Crippen LogP contribution in [0.25, 0.3) is 0 Å². The molecule has 1 fully saturated rings. The van der Waals surface area contributed by atoms with E-state index in [-0.39, 0.29) is 24.0 Å². The molecule has 0 amide bonds. The van der Waals surface area contributed by atoms with Gasteiger partial charge in [-0.1, -0.05) is 13.3 Å². The smallest absolute Gasteiger partial charge is 0.191 e. The molecule has 2 N–H and O–H groups in total. The van der Waals surface area contributed by atoms with Crippen LogP contribution in [0.2, 0.25) is 0 Å². The maximum absolute atomic E-state index is 12.0. The van der Waals surface area contributed by atoms with Crippen LogP contribution in [0.15, 0.2) is 4.99 Å². The van der Waals surface area contributed by atoms with Crippen molar-refractivity contribution in [1.82, 2.24) is 15.5 Å². The lowest BCUT2D eigenvalue weighted by molar-refractivity contribution is 0.162. The average Bonchev–Trinajstić information content (AvgIpc) is 2.58. The van der Waals surface area contributed by atoms with Gasteiger partial charge >= 0.3 is 0 Å². The zero-order valence-electron chi connectivity index (χ0n) is 15.5. The molecule has 1 aliphatic rings. The fourth-order valence-electron chi connectivity index (χ4n) is 2.86. The van der Waals surface area contributed by atoms with Crippen LogP contribution < -0.4 is 10.6 Å². The van der Waals surface area contributed by atoms with Gasteiger partial charge in [0.05, 0.1) is 6.61 Å². The maximum atomic E-state index is 12.0. The second kappa shape index (κ2) is 14.3. The molecule has 6 nitrogen and oxygen atoms in total. The monoisotopic (exact) mass is 474 g/mol. The third-order valence-electron chi connectivity index (χ3n) is 4.31. The number of rotatable bonds is 9. The summed E-state index contributed by atoms with van der Waals surface area (Å²) in [6.07, 6.45) is 4.35. The summed E-state index contributed by atoms with van der Waals surface area (Å²) >= 11 is 0. The molecular weight excluding hydrogens is 439 g/mol. The second-order valence-corrected chi connectivity index (χ2v) is 8.10. The van der Waals surface area contributed by atoms with Gasteiger partial charge in [0.2, 0.25) is 0 Å². The van der Waals surface area contributed by atoms with Crippen molar-refractivity contribution >= 4 is 40.7 Å². The van der Waals surface area contributed by atoms with Crippen LogP contribution in [-0.2, 0) is 15.5 Å². The Morgan fingerprint density at radius 2 is 2.12 bits per heavy atom. The fraction of sp³-hybridized carbons (Fsp3) is 0.938. The van der Waals surface area contributed by atoms with Crippen LogP contribution >= 0.6 is 24.0 Å². The molecule has 1 rings (SSSR count). The summed E-state index contributed by atoms with van der Waals surface area (Å²) < 4.78 is 17.1. The number of aliphatic imine (C=N–C) groups is 1. The molecule has 0 aromatic carbocycles. The van der Waals surface area contributed by atoms with Gasteiger partial charge in [-0.25, -0.2) is 0 Å². The second-order valence-electron chi connectivity index (χ2n) is 6.09. The number of halogens is 1. The van der Waals surface area contributed by atoms with Crippen LogP contribution in [-0.4, -0.2) is 79.6 Å². The van der Waals surface area contributed by atoms with E-state index in [1.165, 1.54) is 0 Å². The lowest BCUT2D eigenvalue weighted by atomic mass is 9.95. The van der Waals surface area contributed by atoms with Crippen LogP contribution in [0.5, 0.6) is 0 Å². The molecule has 0 saturated heterocycles. The van der Waals surface area contributed by atoms with Gasteiger partial charge in [0, 0.05) is 61.6 Å². The maximum Gasteiger partial charge on any atom is 0.191 e. The predicted octanol–water partition coefficient (Wildman–Crippen LogP) is 1.43. The number of nitrogens with zero attached hydrogens (tertiary/aromatic N) is 2. The highest BCUT2D eigenvalue weighted by atomic mass is 127. The fourth-order valence-corrected chi connectivity index (χ4v) is 4.21. The Balaban J connectivity index is 0.00000529. The first-order chi connectivity index (χ1) is 11.1. The summed E-state index contributed by atoms with van der Waals surface area (Å²) in [4.78, 5) is 6.53. The quantitative estimate of drug-likeness (QED) is 0.301. The third kappa shape index (κ3) is 9.53. The highest BCUT2D eigenvalue weighted by molar-refractivity contribution is 14.0. The van der Waals surface area contributed by atoms with Crippen molar-refractivity contribution in [2.24, 2.45) is 4.99 Å². The predicted molar refractivity (Wildman–Crippen MR) is 114 cm³/mol. The number of hydrogen-bond donors (Lipinski definition) is 2. The van der Waals surface area contributed by atoms with E-state index in [4.69, 9.17) is 4.74 Å². The Morgan fingerprint density at radius 3 is 2.75 bits per heavy atom. The first kappa shape index (κ1) is 24.1. The minimum absolute atomic E-state index is 0. The van der Waals surface area contributed by atoms with E-state index in [9.17, 15) is 4.21 Å². The summed E-state index contributed by atoms with van der Waals surface area (Å²) in [7, 11) is 4.92. The van der Waals surface area contributed by atoms with E-state index in [1.54, 1.807) is 14.2 Å². The summed E-state index contributed by atoms with van der Waals surface area (Å²) in [5, 5.41) is 7.19. The van der Waals surface area contributed by atoms with Gasteiger partial charge < -0.3 is 20.3 Å². The zero-order chi connectivity index (χ0) is 17.1. The highest BCUT2D eigenvalue weighted by Crippen LogP contribution is 2.22. The van der Waals surface area contributed by atoms with Gasteiger partial charge in [-0.05, 0) is 26.3 Å². The SMILES string of the molecule is CCS(=O)C1CCCC(NC(=NC)NCCN(C)CCOC)C1.I. The van der Waals surface area contributed by atoms with Gasteiger partial charge in [-0.3, -0.25) is 9.20 Å². The Bertz CT molecular complexity index is 385. The number of likely N-dealkylation sites (N-methyl/N-ethyl adjacent to an activating group) is 1. The van der Waals surface area contributed by atoms with E-state index in [1.807, 2.05) is 6.92 Å². The molecule has 0 spiro atoms. The number of guanidine groups is 1. The van der Waals surface area contributed by atoms with Gasteiger partial charge in [0.15, 0.2) is 5.96 Å². The Kier molecular flexibility index (Phi) is 14.3. The van der Waals surface area contributed by atoms with E-state index in [0.29, 0.717) is 11.3 Å². The van der Waals surface area contributed by atoms with Crippen molar-refractivity contribution in [2.45, 2.75) is 43.9 Å². The topological polar surface area (TPSA) is 66.0 Å². The molecule has 8 heteroatoms. The first-order valence-corrected chi connectivity index (χ1v) is 10.0. The largest absolute Gasteiger partial charge is 0.383 e. The minimum atomic E-state index is -0.685. The molecule has 0 bridgehead atoms. The average molecular weight is 474 g/mol. The molecule has 3 atom stereocenters. The summed E-state index contributed by atoms with van der Waals surface area (Å²) in [5.74, 6) is 1.61. The van der Waals surface area contributed by atoms with Crippen molar-refractivity contribution in [1.29, 1.82) is 0 Å². The van der Waals surface area contributed by atoms with Gasteiger partial charge in [-0.15, -0.1) is 24.0 Å². The standard InChI is InChI=1S/C16H34N4O2S.HI/c1-5-23(21)15-8-6-7-14(13-15)19-16(17-2)18-9-10-20(3)11-12-22-4;/h14-15H,5-13H2,1-4H3,(H2,17,18,19);1H. The molecule has 0 aromatic rings. The van der Waals surface area contributed by atoms with Crippen molar-refractivity contribution in [3.63, 3.8) is 0 Å². The molecule has 0 aromatic heterocycles. The number of nitrogens with one attached hydrogen (secondary N) is 2. The number of methoxy groups -OCH3 is 1. The molecule has 24 heavy (non-hydrogen) atoms. The number of hydrogen-bond acceptors (Lipinski definition) is 4. The van der Waals surface area contributed by atoms with E-state index in [0.717, 1.165) is 63.6 Å². The highest BCUT2D eigenvalue weighted by Gasteiger charge is 2.25. The van der Waals surface area contributed by atoms with Gasteiger partial charge in [-0.2, -0.15) is 0 Å². The summed E-state index contributed by atoms with van der Waals surface area (Å²) in [6.45, 7) is 5.47. The van der Waals surface area contributed by atoms with Crippen LogP contribution in [0.1, 0.15) is 32.6 Å². The van der Waals surface area contributed by atoms with Crippen LogP contribution in [0, 0.1) is 0 Å². The lowest BCUT2D eigenvalue weighted by Crippen LogP contribution is -2.48. The van der Waals surface area contributed by atoms with Gasteiger partial charge in [0.1, 0.15) is 0 Å². The van der Waals surface area contributed by atoms with E-state index < -0.39 is 10.8 Å². The molecule has 0 heterocycles. The molecule has 0 radical (unpaired) electrons. The molecular formula is C16H35IN4O2S.